The minimum atomic E-state index is -1.20. The van der Waals surface area contributed by atoms with Crippen molar-refractivity contribution in [2.75, 3.05) is 0 Å². The minimum absolute atomic E-state index is 0.0140. The lowest BCUT2D eigenvalue weighted by molar-refractivity contribution is 0.0533. The molecule has 1 aromatic carbocycles. The first-order chi connectivity index (χ1) is 10.4. The fraction of sp³-hybridized carbons (Fsp3) is 0.133. The van der Waals surface area contributed by atoms with Gasteiger partial charge < -0.3 is 9.84 Å². The van der Waals surface area contributed by atoms with Crippen LogP contribution in [0.15, 0.2) is 18.2 Å². The molecular weight excluding hydrogens is 329 g/mol. The van der Waals surface area contributed by atoms with E-state index in [0.29, 0.717) is 11.3 Å². The number of ether oxygens (including phenoxy) is 1. The molecule has 112 valence electrons. The van der Waals surface area contributed by atoms with Gasteiger partial charge in [-0.1, -0.05) is 35.3 Å². The van der Waals surface area contributed by atoms with Gasteiger partial charge in [-0.15, -0.1) is 0 Å². The Morgan fingerprint density at radius 1 is 1.32 bits per heavy atom. The molecule has 0 saturated heterocycles. The predicted octanol–water partition coefficient (Wildman–Crippen LogP) is 3.73. The van der Waals surface area contributed by atoms with Crippen molar-refractivity contribution in [1.29, 1.82) is 0 Å². The van der Waals surface area contributed by atoms with Crippen LogP contribution in [-0.4, -0.2) is 22.0 Å². The van der Waals surface area contributed by atoms with Gasteiger partial charge in [0.2, 0.25) is 0 Å². The lowest BCUT2D eigenvalue weighted by Crippen LogP contribution is -2.11. The third kappa shape index (κ3) is 2.14. The van der Waals surface area contributed by atoms with Crippen molar-refractivity contribution in [3.05, 3.63) is 50.8 Å². The van der Waals surface area contributed by atoms with E-state index in [4.69, 9.17) is 27.9 Å². The number of hydrogen-bond donors (Lipinski definition) is 1. The highest BCUT2D eigenvalue weighted by Gasteiger charge is 2.33. The van der Waals surface area contributed by atoms with Gasteiger partial charge in [0.1, 0.15) is 6.61 Å². The SMILES string of the molecule is Cc1nc2c(c(-c3cccc(Cl)c3Cl)c1C(=O)O)C(=O)OC2. The third-order valence-electron chi connectivity index (χ3n) is 3.43. The normalized spacial score (nSPS) is 13.0. The molecule has 3 rings (SSSR count). The highest BCUT2D eigenvalue weighted by atomic mass is 35.5. The van der Waals surface area contributed by atoms with Gasteiger partial charge in [-0.2, -0.15) is 0 Å². The van der Waals surface area contributed by atoms with Crippen molar-refractivity contribution in [3.63, 3.8) is 0 Å². The van der Waals surface area contributed by atoms with Gasteiger partial charge in [0.25, 0.3) is 0 Å². The topological polar surface area (TPSA) is 76.5 Å². The summed E-state index contributed by atoms with van der Waals surface area (Å²) in [6.07, 6.45) is 0. The first-order valence-corrected chi connectivity index (χ1v) is 7.05. The summed E-state index contributed by atoms with van der Waals surface area (Å²) >= 11 is 12.2. The number of carbonyl (C=O) groups excluding carboxylic acids is 1. The molecular formula is C15H9Cl2NO4. The van der Waals surface area contributed by atoms with Gasteiger partial charge >= 0.3 is 11.9 Å². The Labute approximate surface area is 135 Å². The van der Waals surface area contributed by atoms with Gasteiger partial charge in [0.05, 0.1) is 32.6 Å². The van der Waals surface area contributed by atoms with Crippen molar-refractivity contribution in [2.24, 2.45) is 0 Å². The molecule has 0 saturated carbocycles. The molecule has 22 heavy (non-hydrogen) atoms. The maximum Gasteiger partial charge on any atom is 0.341 e. The average Bonchev–Trinajstić information content (AvgIpc) is 2.81. The molecule has 0 fully saturated rings. The van der Waals surface area contributed by atoms with E-state index in [2.05, 4.69) is 4.98 Å². The van der Waals surface area contributed by atoms with Gasteiger partial charge in [0, 0.05) is 11.1 Å². The zero-order valence-electron chi connectivity index (χ0n) is 11.3. The fourth-order valence-electron chi connectivity index (χ4n) is 2.52. The summed E-state index contributed by atoms with van der Waals surface area (Å²) in [4.78, 5) is 27.8. The number of carboxylic acid groups (broad SMARTS) is 1. The summed E-state index contributed by atoms with van der Waals surface area (Å²) in [5.74, 6) is -1.81. The molecule has 2 aromatic rings. The number of pyridine rings is 1. The first kappa shape index (κ1) is 14.8. The highest BCUT2D eigenvalue weighted by molar-refractivity contribution is 6.44. The van der Waals surface area contributed by atoms with E-state index in [1.807, 2.05) is 0 Å². The number of cyclic esters (lactones) is 1. The largest absolute Gasteiger partial charge is 0.478 e. The number of esters is 1. The maximum absolute atomic E-state index is 12.0. The molecule has 1 aliphatic heterocycles. The van der Waals surface area contributed by atoms with E-state index in [9.17, 15) is 14.7 Å². The molecule has 0 aliphatic carbocycles. The van der Waals surface area contributed by atoms with Crippen molar-refractivity contribution in [3.8, 4) is 11.1 Å². The predicted molar refractivity (Wildman–Crippen MR) is 80.5 cm³/mol. The number of aryl methyl sites for hydroxylation is 1. The monoisotopic (exact) mass is 337 g/mol. The quantitative estimate of drug-likeness (QED) is 0.845. The third-order valence-corrected chi connectivity index (χ3v) is 4.25. The Balaban J connectivity index is 2.46. The maximum atomic E-state index is 12.0. The summed E-state index contributed by atoms with van der Waals surface area (Å²) in [7, 11) is 0. The van der Waals surface area contributed by atoms with Gasteiger partial charge in [-0.3, -0.25) is 4.98 Å². The van der Waals surface area contributed by atoms with Gasteiger partial charge in [-0.25, -0.2) is 9.59 Å². The van der Waals surface area contributed by atoms with Gasteiger partial charge in [-0.05, 0) is 13.0 Å². The number of aromatic nitrogens is 1. The molecule has 0 bridgehead atoms. The fourth-order valence-corrected chi connectivity index (χ4v) is 2.92. The number of carboxylic acids is 1. The second kappa shape index (κ2) is 5.26. The molecule has 0 atom stereocenters. The number of aromatic carboxylic acids is 1. The van der Waals surface area contributed by atoms with Crippen LogP contribution in [0.2, 0.25) is 10.0 Å². The molecule has 2 heterocycles. The summed E-state index contributed by atoms with van der Waals surface area (Å²) in [5.41, 5.74) is 1.31. The van der Waals surface area contributed by atoms with Crippen LogP contribution in [0.1, 0.15) is 32.1 Å². The first-order valence-electron chi connectivity index (χ1n) is 6.30. The van der Waals surface area contributed by atoms with Crippen LogP contribution in [0, 0.1) is 6.92 Å². The standard InChI is InChI=1S/C15H9Cl2NO4/c1-6-10(14(19)20)11(7-3-2-4-8(16)13(7)17)12-9(18-6)5-22-15(12)21/h2-4H,5H2,1H3,(H,19,20). The smallest absolute Gasteiger partial charge is 0.341 e. The average molecular weight is 338 g/mol. The van der Waals surface area contributed by atoms with Crippen molar-refractivity contribution in [1.82, 2.24) is 4.98 Å². The van der Waals surface area contributed by atoms with Crippen molar-refractivity contribution in [2.45, 2.75) is 13.5 Å². The summed E-state index contributed by atoms with van der Waals surface area (Å²) < 4.78 is 4.97. The number of fused-ring (bicyclic) bond motifs is 1. The molecule has 1 N–H and O–H groups in total. The summed E-state index contributed by atoms with van der Waals surface area (Å²) in [6, 6.07) is 4.83. The Morgan fingerprint density at radius 2 is 2.05 bits per heavy atom. The van der Waals surface area contributed by atoms with E-state index >= 15 is 0 Å². The molecule has 0 radical (unpaired) electrons. The molecule has 1 aromatic heterocycles. The van der Waals surface area contributed by atoms with Crippen LogP contribution in [-0.2, 0) is 11.3 Å². The second-order valence-corrected chi connectivity index (χ2v) is 5.54. The molecule has 5 nitrogen and oxygen atoms in total. The highest BCUT2D eigenvalue weighted by Crippen LogP contribution is 2.40. The van der Waals surface area contributed by atoms with E-state index in [1.54, 1.807) is 25.1 Å². The summed E-state index contributed by atoms with van der Waals surface area (Å²) in [6.45, 7) is 1.58. The zero-order valence-corrected chi connectivity index (χ0v) is 12.8. The Kier molecular flexibility index (Phi) is 3.54. The van der Waals surface area contributed by atoms with Crippen LogP contribution in [0.3, 0.4) is 0 Å². The number of hydrogen-bond acceptors (Lipinski definition) is 4. The van der Waals surface area contributed by atoms with E-state index in [0.717, 1.165) is 0 Å². The van der Waals surface area contributed by atoms with Gasteiger partial charge in [0.15, 0.2) is 0 Å². The molecule has 1 aliphatic rings. The number of nitrogens with zero attached hydrogens (tertiary/aromatic N) is 1. The zero-order chi connectivity index (χ0) is 16.0. The van der Waals surface area contributed by atoms with Crippen LogP contribution in [0.5, 0.6) is 0 Å². The Hall–Kier alpha value is -2.11. The van der Waals surface area contributed by atoms with Crippen LogP contribution >= 0.6 is 23.2 Å². The summed E-state index contributed by atoms with van der Waals surface area (Å²) in [5, 5.41) is 9.97. The van der Waals surface area contributed by atoms with Crippen molar-refractivity contribution < 1.29 is 19.4 Å². The van der Waals surface area contributed by atoms with Crippen LogP contribution in [0.25, 0.3) is 11.1 Å². The Bertz CT molecular complexity index is 829. The number of carbonyl (C=O) groups is 2. The lowest BCUT2D eigenvalue weighted by atomic mass is 9.93. The Morgan fingerprint density at radius 3 is 2.73 bits per heavy atom. The van der Waals surface area contributed by atoms with E-state index < -0.39 is 11.9 Å². The number of benzene rings is 1. The van der Waals surface area contributed by atoms with Crippen LogP contribution in [0.4, 0.5) is 0 Å². The minimum Gasteiger partial charge on any atom is -0.478 e. The van der Waals surface area contributed by atoms with Crippen molar-refractivity contribution >= 4 is 35.1 Å². The molecule has 7 heteroatoms. The molecule has 0 unspecified atom stereocenters. The molecule has 0 spiro atoms. The van der Waals surface area contributed by atoms with Crippen LogP contribution < -0.4 is 0 Å². The molecule has 0 amide bonds. The van der Waals surface area contributed by atoms with E-state index in [1.165, 1.54) is 0 Å². The number of rotatable bonds is 2. The lowest BCUT2D eigenvalue weighted by Gasteiger charge is -2.14. The van der Waals surface area contributed by atoms with E-state index in [-0.39, 0.29) is 39.0 Å². The second-order valence-electron chi connectivity index (χ2n) is 4.75. The number of halogens is 2.